The van der Waals surface area contributed by atoms with Crippen molar-refractivity contribution in [3.05, 3.63) is 99.2 Å². The number of nitro groups is 1. The van der Waals surface area contributed by atoms with Crippen LogP contribution in [0, 0.1) is 10.1 Å². The van der Waals surface area contributed by atoms with Gasteiger partial charge in [0.15, 0.2) is 5.16 Å². The number of hydrogen-bond donors (Lipinski definition) is 0. The number of thioether (sulfide) groups is 1. The van der Waals surface area contributed by atoms with Gasteiger partial charge in [0.1, 0.15) is 5.75 Å². The van der Waals surface area contributed by atoms with Crippen LogP contribution >= 0.6 is 11.8 Å². The third-order valence-corrected chi connectivity index (χ3v) is 6.10. The van der Waals surface area contributed by atoms with Crippen molar-refractivity contribution in [2.24, 2.45) is 0 Å². The van der Waals surface area contributed by atoms with Crippen molar-refractivity contribution >= 4 is 28.4 Å². The first-order chi connectivity index (χ1) is 17.0. The maximum absolute atomic E-state index is 13.4. The van der Waals surface area contributed by atoms with Gasteiger partial charge in [-0.05, 0) is 36.4 Å². The molecule has 2 aromatic heterocycles. The van der Waals surface area contributed by atoms with Crippen LogP contribution in [0.15, 0.2) is 87.2 Å². The molecule has 0 aliphatic rings. The van der Waals surface area contributed by atoms with Crippen LogP contribution in [-0.4, -0.2) is 31.8 Å². The minimum Gasteiger partial charge on any atom is -0.497 e. The third kappa shape index (κ3) is 4.49. The maximum Gasteiger partial charge on any atom is 0.269 e. The van der Waals surface area contributed by atoms with E-state index in [1.54, 1.807) is 55.6 Å². The Balaban J connectivity index is 1.47. The maximum atomic E-state index is 13.4. The lowest BCUT2D eigenvalue weighted by atomic mass is 10.2. The topological polar surface area (TPSA) is 126 Å². The fourth-order valence-electron chi connectivity index (χ4n) is 3.47. The Bertz CT molecular complexity index is 1600. The molecule has 2 heterocycles. The van der Waals surface area contributed by atoms with Gasteiger partial charge in [-0.25, -0.2) is 4.98 Å². The summed E-state index contributed by atoms with van der Waals surface area (Å²) in [7, 11) is 1.56. The molecule has 0 aliphatic carbocycles. The summed E-state index contributed by atoms with van der Waals surface area (Å²) in [5.74, 6) is 1.44. The number of nitrogens with zero attached hydrogens (tertiary/aromatic N) is 5. The van der Waals surface area contributed by atoms with Crippen molar-refractivity contribution in [3.8, 4) is 22.9 Å². The Morgan fingerprint density at radius 2 is 1.86 bits per heavy atom. The molecule has 5 aromatic rings. The van der Waals surface area contributed by atoms with Gasteiger partial charge in [0.2, 0.25) is 11.8 Å². The van der Waals surface area contributed by atoms with Crippen molar-refractivity contribution in [2.45, 2.75) is 10.9 Å². The average molecular weight is 487 g/mol. The van der Waals surface area contributed by atoms with E-state index in [-0.39, 0.29) is 22.9 Å². The molecular formula is C24H17N5O5S. The van der Waals surface area contributed by atoms with E-state index in [1.165, 1.54) is 28.5 Å². The number of hydrogen-bond acceptors (Lipinski definition) is 9. The predicted octanol–water partition coefficient (Wildman–Crippen LogP) is 4.64. The summed E-state index contributed by atoms with van der Waals surface area (Å²) in [4.78, 5) is 28.5. The van der Waals surface area contributed by atoms with Crippen LogP contribution in [0.1, 0.15) is 5.89 Å². The van der Waals surface area contributed by atoms with Crippen LogP contribution in [0.2, 0.25) is 0 Å². The summed E-state index contributed by atoms with van der Waals surface area (Å²) in [5.41, 5.74) is 1.53. The van der Waals surface area contributed by atoms with Crippen molar-refractivity contribution in [2.75, 3.05) is 7.11 Å². The molecule has 11 heteroatoms. The number of ether oxygens (including phenoxy) is 1. The second kappa shape index (κ2) is 9.39. The predicted molar refractivity (Wildman–Crippen MR) is 130 cm³/mol. The van der Waals surface area contributed by atoms with Gasteiger partial charge >= 0.3 is 0 Å². The summed E-state index contributed by atoms with van der Waals surface area (Å²) in [5, 5.41) is 19.9. The van der Waals surface area contributed by atoms with Gasteiger partial charge in [-0.3, -0.25) is 19.5 Å². The van der Waals surface area contributed by atoms with Crippen molar-refractivity contribution in [3.63, 3.8) is 0 Å². The first kappa shape index (κ1) is 22.3. The lowest BCUT2D eigenvalue weighted by Crippen LogP contribution is -2.21. The first-order valence-corrected chi connectivity index (χ1v) is 11.4. The number of rotatable bonds is 7. The Morgan fingerprint density at radius 3 is 2.63 bits per heavy atom. The molecule has 0 aliphatic heterocycles. The highest BCUT2D eigenvalue weighted by molar-refractivity contribution is 7.98. The standard InChI is InChI=1S/C24H17N5O5S/c1-33-18-6-4-5-17(13-18)28-23(30)19-7-2-3-8-20(19)25-24(28)35-14-21-26-27-22(34-21)15-9-11-16(12-10-15)29(31)32/h2-13H,14H2,1H3. The zero-order valence-corrected chi connectivity index (χ0v) is 19.1. The van der Waals surface area contributed by atoms with Gasteiger partial charge in [0.25, 0.3) is 11.2 Å². The molecule has 0 bridgehead atoms. The summed E-state index contributed by atoms with van der Waals surface area (Å²) in [6, 6.07) is 20.2. The monoisotopic (exact) mass is 487 g/mol. The molecule has 10 nitrogen and oxygen atoms in total. The Hall–Kier alpha value is -4.51. The molecule has 0 amide bonds. The van der Waals surface area contributed by atoms with Gasteiger partial charge < -0.3 is 9.15 Å². The zero-order chi connectivity index (χ0) is 24.4. The summed E-state index contributed by atoms with van der Waals surface area (Å²) in [6.45, 7) is 0. The number of methoxy groups -OCH3 is 1. The molecule has 0 atom stereocenters. The van der Waals surface area contributed by atoms with Crippen LogP contribution in [0.3, 0.4) is 0 Å². The highest BCUT2D eigenvalue weighted by Gasteiger charge is 2.16. The van der Waals surface area contributed by atoms with E-state index in [2.05, 4.69) is 10.2 Å². The number of para-hydroxylation sites is 1. The summed E-state index contributed by atoms with van der Waals surface area (Å²) < 4.78 is 12.6. The van der Waals surface area contributed by atoms with E-state index < -0.39 is 4.92 Å². The molecule has 0 radical (unpaired) electrons. The van der Waals surface area contributed by atoms with Gasteiger partial charge in [0.05, 0.1) is 34.4 Å². The van der Waals surface area contributed by atoms with Crippen LogP contribution in [-0.2, 0) is 5.75 Å². The van der Waals surface area contributed by atoms with Crippen LogP contribution < -0.4 is 10.3 Å². The zero-order valence-electron chi connectivity index (χ0n) is 18.3. The average Bonchev–Trinajstić information content (AvgIpc) is 3.37. The fraction of sp³-hybridized carbons (Fsp3) is 0.0833. The number of nitro benzene ring substituents is 1. The highest BCUT2D eigenvalue weighted by atomic mass is 32.2. The molecule has 0 spiro atoms. The summed E-state index contributed by atoms with van der Waals surface area (Å²) >= 11 is 1.28. The van der Waals surface area contributed by atoms with Gasteiger partial charge in [-0.2, -0.15) is 0 Å². The lowest BCUT2D eigenvalue weighted by molar-refractivity contribution is -0.384. The van der Waals surface area contributed by atoms with Crippen LogP contribution in [0.4, 0.5) is 5.69 Å². The second-order valence-corrected chi connectivity index (χ2v) is 8.29. The number of benzene rings is 3. The third-order valence-electron chi connectivity index (χ3n) is 5.17. The van der Waals surface area contributed by atoms with Crippen molar-refractivity contribution < 1.29 is 14.1 Å². The molecule has 0 unspecified atom stereocenters. The molecule has 5 rings (SSSR count). The Morgan fingerprint density at radius 1 is 1.06 bits per heavy atom. The normalized spacial score (nSPS) is 11.0. The van der Waals surface area contributed by atoms with Crippen LogP contribution in [0.25, 0.3) is 28.0 Å². The number of non-ortho nitro benzene ring substituents is 1. The molecule has 0 saturated carbocycles. The lowest BCUT2D eigenvalue weighted by Gasteiger charge is -2.13. The molecule has 35 heavy (non-hydrogen) atoms. The molecule has 174 valence electrons. The molecule has 0 saturated heterocycles. The van der Waals surface area contributed by atoms with Gasteiger partial charge in [-0.15, -0.1) is 10.2 Å². The highest BCUT2D eigenvalue weighted by Crippen LogP contribution is 2.27. The van der Waals surface area contributed by atoms with Crippen molar-refractivity contribution in [1.82, 2.24) is 19.7 Å². The second-order valence-electron chi connectivity index (χ2n) is 7.35. The quantitative estimate of drug-likeness (QED) is 0.140. The van der Waals surface area contributed by atoms with E-state index >= 15 is 0 Å². The summed E-state index contributed by atoms with van der Waals surface area (Å²) in [6.07, 6.45) is 0. The van der Waals surface area contributed by atoms with E-state index in [9.17, 15) is 14.9 Å². The molecule has 3 aromatic carbocycles. The van der Waals surface area contributed by atoms with E-state index in [1.807, 2.05) is 12.1 Å². The fourth-order valence-corrected chi connectivity index (χ4v) is 4.32. The number of fused-ring (bicyclic) bond motifs is 1. The molecule has 0 N–H and O–H groups in total. The Labute approximate surface area is 202 Å². The van der Waals surface area contributed by atoms with Gasteiger partial charge in [0, 0.05) is 23.8 Å². The first-order valence-electron chi connectivity index (χ1n) is 10.4. The van der Waals surface area contributed by atoms with E-state index in [4.69, 9.17) is 14.1 Å². The number of aromatic nitrogens is 4. The van der Waals surface area contributed by atoms with E-state index in [0.717, 1.165) is 0 Å². The minimum atomic E-state index is -0.474. The smallest absolute Gasteiger partial charge is 0.269 e. The molecular weight excluding hydrogens is 470 g/mol. The molecule has 0 fully saturated rings. The minimum absolute atomic E-state index is 0.0260. The van der Waals surface area contributed by atoms with Gasteiger partial charge in [-0.1, -0.05) is 30.0 Å². The van der Waals surface area contributed by atoms with Crippen LogP contribution in [0.5, 0.6) is 5.75 Å². The Kier molecular flexibility index (Phi) is 5.98. The van der Waals surface area contributed by atoms with E-state index in [0.29, 0.717) is 39.0 Å². The largest absolute Gasteiger partial charge is 0.497 e. The van der Waals surface area contributed by atoms with Crippen molar-refractivity contribution in [1.29, 1.82) is 0 Å². The SMILES string of the molecule is COc1cccc(-n2c(SCc3nnc(-c4ccc([N+](=O)[O-])cc4)o3)nc3ccccc3c2=O)c1.